The number of halogens is 1. The van der Waals surface area contributed by atoms with Gasteiger partial charge in [-0.25, -0.2) is 13.2 Å². The van der Waals surface area contributed by atoms with Crippen molar-refractivity contribution < 1.29 is 27.3 Å². The highest BCUT2D eigenvalue weighted by molar-refractivity contribution is 7.91. The minimum atomic E-state index is -3.77. The number of rotatable bonds is 5. The van der Waals surface area contributed by atoms with Gasteiger partial charge in [-0.05, 0) is 18.2 Å². The highest BCUT2D eigenvalue weighted by Crippen LogP contribution is 2.27. The molecule has 0 spiro atoms. The van der Waals surface area contributed by atoms with E-state index in [2.05, 4.69) is 9.89 Å². The van der Waals surface area contributed by atoms with Crippen molar-refractivity contribution in [1.82, 2.24) is 14.4 Å². The summed E-state index contributed by atoms with van der Waals surface area (Å²) in [6.07, 6.45) is 0. The van der Waals surface area contributed by atoms with E-state index in [-0.39, 0.29) is 47.6 Å². The van der Waals surface area contributed by atoms with Gasteiger partial charge < -0.3 is 14.2 Å². The molecule has 3 aromatic rings. The molecule has 0 bridgehead atoms. The molecule has 0 radical (unpaired) electrons. The van der Waals surface area contributed by atoms with Crippen molar-refractivity contribution >= 4 is 44.8 Å². The van der Waals surface area contributed by atoms with Crippen LogP contribution in [0.2, 0.25) is 5.02 Å². The van der Waals surface area contributed by atoms with Gasteiger partial charge in [-0.15, -0.1) is 11.3 Å². The summed E-state index contributed by atoms with van der Waals surface area (Å²) in [5.74, 6) is -0.526. The van der Waals surface area contributed by atoms with Crippen LogP contribution in [0.5, 0.6) is 0 Å². The van der Waals surface area contributed by atoms with Gasteiger partial charge in [-0.2, -0.15) is 4.31 Å². The summed E-state index contributed by atoms with van der Waals surface area (Å²) in [5, 5.41) is 5.84. The lowest BCUT2D eigenvalue weighted by Gasteiger charge is -2.33. The average molecular weight is 496 g/mol. The summed E-state index contributed by atoms with van der Waals surface area (Å²) >= 11 is 6.95. The van der Waals surface area contributed by atoms with Crippen molar-refractivity contribution in [3.05, 3.63) is 58.1 Å². The van der Waals surface area contributed by atoms with Crippen molar-refractivity contribution in [3.8, 4) is 11.3 Å². The molecule has 0 saturated carbocycles. The van der Waals surface area contributed by atoms with E-state index in [1.165, 1.54) is 33.8 Å². The number of sulfonamides is 1. The first-order valence-electron chi connectivity index (χ1n) is 9.48. The Morgan fingerprint density at radius 3 is 2.59 bits per heavy atom. The number of hydrogen-bond acceptors (Lipinski definition) is 8. The van der Waals surface area contributed by atoms with Crippen molar-refractivity contribution in [2.24, 2.45) is 0 Å². The normalized spacial score (nSPS) is 15.0. The lowest BCUT2D eigenvalue weighted by atomic mass is 10.1. The molecule has 4 rings (SSSR count). The molecule has 0 N–H and O–H groups in total. The molecule has 1 aliphatic heterocycles. The lowest BCUT2D eigenvalue weighted by molar-refractivity contribution is 0.0600. The number of nitrogens with zero attached hydrogens (tertiary/aromatic N) is 3. The van der Waals surface area contributed by atoms with Gasteiger partial charge in [0.25, 0.3) is 15.9 Å². The van der Waals surface area contributed by atoms with E-state index in [4.69, 9.17) is 16.1 Å². The van der Waals surface area contributed by atoms with Gasteiger partial charge in [0.1, 0.15) is 4.21 Å². The number of piperazine rings is 1. The van der Waals surface area contributed by atoms with Crippen molar-refractivity contribution in [1.29, 1.82) is 0 Å². The second kappa shape index (κ2) is 9.02. The summed E-state index contributed by atoms with van der Waals surface area (Å²) in [6.45, 7) is 0.649. The van der Waals surface area contributed by atoms with E-state index in [1.807, 2.05) is 0 Å². The van der Waals surface area contributed by atoms with Gasteiger partial charge in [0.15, 0.2) is 11.5 Å². The van der Waals surface area contributed by atoms with Crippen LogP contribution in [-0.4, -0.2) is 67.9 Å². The largest absolute Gasteiger partial charge is 0.465 e. The first kappa shape index (κ1) is 22.5. The van der Waals surface area contributed by atoms with Crippen molar-refractivity contribution in [3.63, 3.8) is 0 Å². The molecular formula is C20H18ClN3O6S2. The van der Waals surface area contributed by atoms with Gasteiger partial charge in [0, 0.05) is 48.2 Å². The second-order valence-corrected chi connectivity index (χ2v) is 10.4. The first-order chi connectivity index (χ1) is 15.3. The molecule has 3 heterocycles. The highest BCUT2D eigenvalue weighted by atomic mass is 35.5. The zero-order chi connectivity index (χ0) is 22.9. The van der Waals surface area contributed by atoms with Gasteiger partial charge in [-0.1, -0.05) is 28.9 Å². The monoisotopic (exact) mass is 495 g/mol. The average Bonchev–Trinajstić information content (AvgIpc) is 3.49. The van der Waals surface area contributed by atoms with E-state index in [0.717, 1.165) is 11.3 Å². The Kier molecular flexibility index (Phi) is 6.33. The minimum Gasteiger partial charge on any atom is -0.465 e. The van der Waals surface area contributed by atoms with E-state index >= 15 is 0 Å². The molecule has 12 heteroatoms. The molecule has 0 atom stereocenters. The molecule has 0 aliphatic carbocycles. The SMILES string of the molecule is COC(=O)c1csc(S(=O)(=O)N2CCN(C(=O)c3cc(-c4cccc(Cl)c4)on3)CC2)c1. The number of carbonyl (C=O) groups excluding carboxylic acids is 2. The quantitative estimate of drug-likeness (QED) is 0.500. The van der Waals surface area contributed by atoms with Crippen molar-refractivity contribution in [2.45, 2.75) is 4.21 Å². The maximum Gasteiger partial charge on any atom is 0.338 e. The van der Waals surface area contributed by atoms with Crippen LogP contribution in [-0.2, 0) is 14.8 Å². The molecule has 1 saturated heterocycles. The number of benzene rings is 1. The van der Waals surface area contributed by atoms with Crippen LogP contribution in [0.4, 0.5) is 0 Å². The first-order valence-corrected chi connectivity index (χ1v) is 12.2. The predicted octanol–water partition coefficient (Wildman–Crippen LogP) is 2.99. The Hall–Kier alpha value is -2.73. The fourth-order valence-corrected chi connectivity index (χ4v) is 6.17. The predicted molar refractivity (Wildman–Crippen MR) is 117 cm³/mol. The maximum absolute atomic E-state index is 12.9. The van der Waals surface area contributed by atoms with Crippen LogP contribution in [0, 0.1) is 0 Å². The molecule has 1 amide bonds. The Bertz CT molecular complexity index is 1260. The summed E-state index contributed by atoms with van der Waals surface area (Å²) in [4.78, 5) is 25.9. The summed E-state index contributed by atoms with van der Waals surface area (Å²) in [7, 11) is -2.54. The Labute approximate surface area is 193 Å². The van der Waals surface area contributed by atoms with E-state index in [9.17, 15) is 18.0 Å². The highest BCUT2D eigenvalue weighted by Gasteiger charge is 2.32. The fraction of sp³-hybridized carbons (Fsp3) is 0.250. The number of amides is 1. The summed E-state index contributed by atoms with van der Waals surface area (Å²) < 4.78 is 37.0. The van der Waals surface area contributed by atoms with E-state index in [1.54, 1.807) is 24.3 Å². The third-order valence-electron chi connectivity index (χ3n) is 4.95. The zero-order valence-electron chi connectivity index (χ0n) is 16.9. The molecule has 1 aliphatic rings. The number of esters is 1. The van der Waals surface area contributed by atoms with Gasteiger partial charge >= 0.3 is 5.97 Å². The van der Waals surface area contributed by atoms with Crippen LogP contribution in [0.25, 0.3) is 11.3 Å². The van der Waals surface area contributed by atoms with Crippen LogP contribution in [0.3, 0.4) is 0 Å². The number of carbonyl (C=O) groups is 2. The Balaban J connectivity index is 1.42. The summed E-state index contributed by atoms with van der Waals surface area (Å²) in [6, 6.07) is 9.83. The fourth-order valence-electron chi connectivity index (χ4n) is 3.25. The van der Waals surface area contributed by atoms with Crippen LogP contribution >= 0.6 is 22.9 Å². The number of ether oxygens (including phenoxy) is 1. The minimum absolute atomic E-state index is 0.0559. The van der Waals surface area contributed by atoms with Crippen LogP contribution in [0.1, 0.15) is 20.8 Å². The third-order valence-corrected chi connectivity index (χ3v) is 8.50. The lowest BCUT2D eigenvalue weighted by Crippen LogP contribution is -2.50. The van der Waals surface area contributed by atoms with Crippen LogP contribution in [0.15, 0.2) is 50.5 Å². The van der Waals surface area contributed by atoms with Gasteiger partial charge in [0.2, 0.25) is 0 Å². The topological polar surface area (TPSA) is 110 Å². The molecular weight excluding hydrogens is 478 g/mol. The second-order valence-electron chi connectivity index (χ2n) is 6.93. The van der Waals surface area contributed by atoms with Crippen LogP contribution < -0.4 is 0 Å². The molecule has 1 aromatic carbocycles. The van der Waals surface area contributed by atoms with Gasteiger partial charge in [0.05, 0.1) is 12.7 Å². The standard InChI is InChI=1S/C20H18ClN3O6S2/c1-29-20(26)14-10-18(31-12-14)32(27,28)24-7-5-23(6-8-24)19(25)16-11-17(30-22-16)13-3-2-4-15(21)9-13/h2-4,9-12H,5-8H2,1H3. The maximum atomic E-state index is 12.9. The molecule has 2 aromatic heterocycles. The molecule has 32 heavy (non-hydrogen) atoms. The Morgan fingerprint density at radius 1 is 1.16 bits per heavy atom. The van der Waals surface area contributed by atoms with E-state index in [0.29, 0.717) is 16.3 Å². The Morgan fingerprint density at radius 2 is 1.91 bits per heavy atom. The number of hydrogen-bond donors (Lipinski definition) is 0. The number of thiophene rings is 1. The molecule has 0 unspecified atom stereocenters. The van der Waals surface area contributed by atoms with E-state index < -0.39 is 16.0 Å². The molecule has 9 nitrogen and oxygen atoms in total. The summed E-state index contributed by atoms with van der Waals surface area (Å²) in [5.41, 5.74) is 1.02. The third kappa shape index (κ3) is 4.42. The van der Waals surface area contributed by atoms with Gasteiger partial charge in [-0.3, -0.25) is 4.79 Å². The molecule has 1 fully saturated rings. The van der Waals surface area contributed by atoms with Crippen molar-refractivity contribution in [2.75, 3.05) is 33.3 Å². The smallest absolute Gasteiger partial charge is 0.338 e. The molecule has 168 valence electrons. The number of aromatic nitrogens is 1. The number of methoxy groups -OCH3 is 1. The zero-order valence-corrected chi connectivity index (χ0v) is 19.2.